The molecule has 86 valence electrons. The summed E-state index contributed by atoms with van der Waals surface area (Å²) in [6, 6.07) is 14.9. The first-order valence-corrected chi connectivity index (χ1v) is 6.28. The summed E-state index contributed by atoms with van der Waals surface area (Å²) in [5.74, 6) is 1.01. The lowest BCUT2D eigenvalue weighted by Crippen LogP contribution is -2.09. The highest BCUT2D eigenvalue weighted by molar-refractivity contribution is 5.89. The van der Waals surface area contributed by atoms with E-state index in [0.717, 1.165) is 12.8 Å². The van der Waals surface area contributed by atoms with Crippen LogP contribution in [0.1, 0.15) is 31.2 Å². The van der Waals surface area contributed by atoms with Crippen molar-refractivity contribution >= 4 is 16.6 Å². The van der Waals surface area contributed by atoms with Gasteiger partial charge in [0.15, 0.2) is 0 Å². The third-order valence-electron chi connectivity index (χ3n) is 4.04. The zero-order valence-electron chi connectivity index (χ0n) is 10.0. The second-order valence-electron chi connectivity index (χ2n) is 4.97. The highest BCUT2D eigenvalue weighted by atomic mass is 16.1. The fraction of sp³-hybridized carbons (Fsp3) is 0.312. The molecule has 0 radical (unpaired) electrons. The molecule has 1 fully saturated rings. The molecule has 0 bridgehead atoms. The maximum Gasteiger partial charge on any atom is 0.136 e. The third-order valence-corrected chi connectivity index (χ3v) is 4.04. The van der Waals surface area contributed by atoms with Gasteiger partial charge in [-0.15, -0.1) is 0 Å². The normalized spacial score (nSPS) is 24.4. The van der Waals surface area contributed by atoms with Crippen LogP contribution < -0.4 is 0 Å². The van der Waals surface area contributed by atoms with Crippen molar-refractivity contribution in [3.8, 4) is 0 Å². The number of carbonyl (C=O) groups is 1. The summed E-state index contributed by atoms with van der Waals surface area (Å²) in [4.78, 5) is 11.7. The lowest BCUT2D eigenvalue weighted by Gasteiger charge is -2.17. The van der Waals surface area contributed by atoms with E-state index in [1.54, 1.807) is 0 Å². The highest BCUT2D eigenvalue weighted by Crippen LogP contribution is 2.39. The van der Waals surface area contributed by atoms with Gasteiger partial charge in [0.1, 0.15) is 5.78 Å². The summed E-state index contributed by atoms with van der Waals surface area (Å²) in [6.45, 7) is 2.07. The molecule has 0 amide bonds. The van der Waals surface area contributed by atoms with Crippen LogP contribution in [0.15, 0.2) is 42.5 Å². The molecule has 3 rings (SSSR count). The number of rotatable bonds is 1. The van der Waals surface area contributed by atoms with Gasteiger partial charge in [0.25, 0.3) is 0 Å². The van der Waals surface area contributed by atoms with Crippen molar-refractivity contribution < 1.29 is 4.79 Å². The SMILES string of the molecule is CC1C(=O)CCC1c1cccc2ccccc12. The van der Waals surface area contributed by atoms with Gasteiger partial charge in [-0.25, -0.2) is 0 Å². The van der Waals surface area contributed by atoms with Crippen LogP contribution in [0.25, 0.3) is 10.8 Å². The summed E-state index contributed by atoms with van der Waals surface area (Å²) in [7, 11) is 0. The van der Waals surface area contributed by atoms with Crippen LogP contribution in [0.2, 0.25) is 0 Å². The molecule has 2 aromatic carbocycles. The summed E-state index contributed by atoms with van der Waals surface area (Å²) in [6.07, 6.45) is 1.75. The largest absolute Gasteiger partial charge is 0.299 e. The van der Waals surface area contributed by atoms with Gasteiger partial charge in [-0.2, -0.15) is 0 Å². The fourth-order valence-electron chi connectivity index (χ4n) is 3.00. The average Bonchev–Trinajstić information content (AvgIpc) is 2.69. The number of hydrogen-bond acceptors (Lipinski definition) is 1. The van der Waals surface area contributed by atoms with Gasteiger partial charge >= 0.3 is 0 Å². The Labute approximate surface area is 101 Å². The van der Waals surface area contributed by atoms with E-state index in [4.69, 9.17) is 0 Å². The zero-order chi connectivity index (χ0) is 11.8. The standard InChI is InChI=1S/C16H16O/c1-11-13(9-10-16(11)17)15-8-4-6-12-5-2-3-7-14(12)15/h2-8,11,13H,9-10H2,1H3. The van der Waals surface area contributed by atoms with Gasteiger partial charge in [-0.3, -0.25) is 4.79 Å². The number of ketones is 1. The van der Waals surface area contributed by atoms with Crippen LogP contribution in [0.4, 0.5) is 0 Å². The smallest absolute Gasteiger partial charge is 0.136 e. The van der Waals surface area contributed by atoms with E-state index in [9.17, 15) is 4.79 Å². The minimum Gasteiger partial charge on any atom is -0.299 e. The van der Waals surface area contributed by atoms with Crippen LogP contribution in [-0.4, -0.2) is 5.78 Å². The van der Waals surface area contributed by atoms with Gasteiger partial charge in [-0.05, 0) is 28.7 Å². The van der Waals surface area contributed by atoms with Crippen LogP contribution in [-0.2, 0) is 4.79 Å². The Hall–Kier alpha value is -1.63. The van der Waals surface area contributed by atoms with Crippen LogP contribution >= 0.6 is 0 Å². The molecule has 0 heterocycles. The Morgan fingerprint density at radius 2 is 1.82 bits per heavy atom. The molecule has 2 aromatic rings. The first-order valence-electron chi connectivity index (χ1n) is 6.28. The third kappa shape index (κ3) is 1.66. The molecule has 0 spiro atoms. The van der Waals surface area contributed by atoms with Gasteiger partial charge in [0.2, 0.25) is 0 Å². The molecule has 1 aliphatic rings. The predicted octanol–water partition coefficient (Wildman–Crippen LogP) is 3.92. The first kappa shape index (κ1) is 10.5. The van der Waals surface area contributed by atoms with Crippen molar-refractivity contribution in [3.63, 3.8) is 0 Å². The fourth-order valence-corrected chi connectivity index (χ4v) is 3.00. The Balaban J connectivity index is 2.15. The molecular weight excluding hydrogens is 208 g/mol. The molecule has 1 saturated carbocycles. The zero-order valence-corrected chi connectivity index (χ0v) is 10.0. The number of fused-ring (bicyclic) bond motifs is 1. The molecule has 0 aliphatic heterocycles. The van der Waals surface area contributed by atoms with Gasteiger partial charge in [0, 0.05) is 12.3 Å². The molecule has 1 nitrogen and oxygen atoms in total. The second-order valence-corrected chi connectivity index (χ2v) is 4.97. The van der Waals surface area contributed by atoms with Crippen LogP contribution in [0.3, 0.4) is 0 Å². The lowest BCUT2D eigenvalue weighted by molar-refractivity contribution is -0.120. The van der Waals surface area contributed by atoms with Gasteiger partial charge in [-0.1, -0.05) is 49.4 Å². The highest BCUT2D eigenvalue weighted by Gasteiger charge is 2.32. The summed E-state index contributed by atoms with van der Waals surface area (Å²) >= 11 is 0. The quantitative estimate of drug-likeness (QED) is 0.717. The number of benzene rings is 2. The van der Waals surface area contributed by atoms with Crippen molar-refractivity contribution in [3.05, 3.63) is 48.0 Å². The van der Waals surface area contributed by atoms with Crippen LogP contribution in [0.5, 0.6) is 0 Å². The minimum atomic E-state index is 0.181. The summed E-state index contributed by atoms with van der Waals surface area (Å²) in [5, 5.41) is 2.58. The van der Waals surface area contributed by atoms with Crippen molar-refractivity contribution in [1.29, 1.82) is 0 Å². The molecule has 1 aliphatic carbocycles. The minimum absolute atomic E-state index is 0.181. The number of hydrogen-bond donors (Lipinski definition) is 0. The monoisotopic (exact) mass is 224 g/mol. The Kier molecular flexibility index (Phi) is 2.47. The second kappa shape index (κ2) is 3.99. The summed E-state index contributed by atoms with van der Waals surface area (Å²) in [5.41, 5.74) is 1.35. The van der Waals surface area contributed by atoms with E-state index >= 15 is 0 Å². The first-order chi connectivity index (χ1) is 8.27. The Morgan fingerprint density at radius 1 is 1.06 bits per heavy atom. The predicted molar refractivity (Wildman–Crippen MR) is 70.1 cm³/mol. The van der Waals surface area contributed by atoms with Crippen molar-refractivity contribution in [2.75, 3.05) is 0 Å². The van der Waals surface area contributed by atoms with Gasteiger partial charge in [0.05, 0.1) is 0 Å². The number of carbonyl (C=O) groups excluding carboxylic acids is 1. The van der Waals surface area contributed by atoms with Crippen molar-refractivity contribution in [2.45, 2.75) is 25.7 Å². The Morgan fingerprint density at radius 3 is 2.59 bits per heavy atom. The molecule has 2 atom stereocenters. The van der Waals surface area contributed by atoms with Crippen molar-refractivity contribution in [1.82, 2.24) is 0 Å². The lowest BCUT2D eigenvalue weighted by atomic mass is 9.87. The van der Waals surface area contributed by atoms with E-state index in [2.05, 4.69) is 49.4 Å². The molecule has 0 N–H and O–H groups in total. The average molecular weight is 224 g/mol. The van der Waals surface area contributed by atoms with E-state index in [-0.39, 0.29) is 5.92 Å². The van der Waals surface area contributed by atoms with E-state index in [1.807, 2.05) is 0 Å². The molecule has 1 heteroatoms. The molecule has 0 aromatic heterocycles. The maximum atomic E-state index is 11.7. The van der Waals surface area contributed by atoms with Crippen molar-refractivity contribution in [2.24, 2.45) is 5.92 Å². The molecule has 2 unspecified atom stereocenters. The summed E-state index contributed by atoms with van der Waals surface area (Å²) < 4.78 is 0. The number of Topliss-reactive ketones (excluding diaryl/α,β-unsaturated/α-hetero) is 1. The van der Waals surface area contributed by atoms with Gasteiger partial charge < -0.3 is 0 Å². The molecule has 0 saturated heterocycles. The molecule has 17 heavy (non-hydrogen) atoms. The molecular formula is C16H16O. The van der Waals surface area contributed by atoms with Crippen LogP contribution in [0, 0.1) is 5.92 Å². The van der Waals surface area contributed by atoms with E-state index < -0.39 is 0 Å². The Bertz CT molecular complexity index is 565. The van der Waals surface area contributed by atoms with E-state index in [0.29, 0.717) is 11.7 Å². The maximum absolute atomic E-state index is 11.7. The topological polar surface area (TPSA) is 17.1 Å². The van der Waals surface area contributed by atoms with E-state index in [1.165, 1.54) is 16.3 Å².